The minimum absolute atomic E-state index is 0.0491. The third-order valence-corrected chi connectivity index (χ3v) is 6.12. The van der Waals surface area contributed by atoms with Crippen molar-refractivity contribution < 1.29 is 15.0 Å². The monoisotopic (exact) mass is 457 g/mol. The highest BCUT2D eigenvalue weighted by molar-refractivity contribution is 6.28. The van der Waals surface area contributed by atoms with Crippen LogP contribution in [0.5, 0.6) is 5.88 Å². The maximum atomic E-state index is 12.2. The molecule has 2 aliphatic heterocycles. The van der Waals surface area contributed by atoms with Crippen LogP contribution in [-0.4, -0.2) is 91.5 Å². The number of piperazine rings is 1. The SMILES string of the molecule is CC1(C)CC(NCCN2CCN([N+](=O)NOc3ccnc(Cl)n3)CC2)CC(C)(C)N1O. The fourth-order valence-electron chi connectivity index (χ4n) is 4.50. The summed E-state index contributed by atoms with van der Waals surface area (Å²) in [5, 5.41) is 17.3. The number of nitroso groups, excluding NO2 is 1. The Hall–Kier alpha value is -1.79. The minimum atomic E-state index is -0.255. The molecule has 0 saturated carbocycles. The van der Waals surface area contributed by atoms with Crippen LogP contribution in [-0.2, 0) is 0 Å². The maximum Gasteiger partial charge on any atom is 0.284 e. The van der Waals surface area contributed by atoms with E-state index in [9.17, 15) is 10.1 Å². The Morgan fingerprint density at radius 2 is 1.87 bits per heavy atom. The molecule has 0 aliphatic carbocycles. The van der Waals surface area contributed by atoms with Gasteiger partial charge in [0.1, 0.15) is 0 Å². The standard InChI is InChI=1S/C19H34ClN8O3/c1-18(2)13-15(14-19(3,4)27(18)29)21-7-8-25-9-11-26(12-10-25)28(30)24-31-16-5-6-22-17(20)23-16/h5-6,15,21,29H,7-14H2,1-4H3,(H,24,30)/q+1. The van der Waals surface area contributed by atoms with Crippen molar-refractivity contribution in [1.82, 2.24) is 35.8 Å². The van der Waals surface area contributed by atoms with Crippen LogP contribution < -0.4 is 15.7 Å². The summed E-state index contributed by atoms with van der Waals surface area (Å²) in [5.41, 5.74) is 1.80. The normalized spacial score (nSPS) is 22.3. The van der Waals surface area contributed by atoms with Gasteiger partial charge in [-0.2, -0.15) is 10.0 Å². The number of hydrogen-bond donors (Lipinski definition) is 3. The molecule has 2 aliphatic rings. The lowest BCUT2D eigenvalue weighted by atomic mass is 9.79. The fourth-order valence-corrected chi connectivity index (χ4v) is 4.64. The van der Waals surface area contributed by atoms with Crippen molar-refractivity contribution in [3.63, 3.8) is 0 Å². The second kappa shape index (κ2) is 9.78. The van der Waals surface area contributed by atoms with Crippen molar-refractivity contribution in [2.75, 3.05) is 39.3 Å². The Morgan fingerprint density at radius 3 is 2.48 bits per heavy atom. The average molecular weight is 458 g/mol. The summed E-state index contributed by atoms with van der Waals surface area (Å²) in [4.78, 5) is 27.9. The van der Waals surface area contributed by atoms with Gasteiger partial charge in [-0.05, 0) is 52.1 Å². The Morgan fingerprint density at radius 1 is 1.23 bits per heavy atom. The van der Waals surface area contributed by atoms with Crippen LogP contribution >= 0.6 is 11.6 Å². The van der Waals surface area contributed by atoms with Crippen LogP contribution in [0.3, 0.4) is 0 Å². The highest BCUT2D eigenvalue weighted by Gasteiger charge is 2.44. The van der Waals surface area contributed by atoms with E-state index in [2.05, 4.69) is 53.5 Å². The quantitative estimate of drug-likeness (QED) is 0.299. The number of piperidine rings is 1. The van der Waals surface area contributed by atoms with E-state index >= 15 is 0 Å². The van der Waals surface area contributed by atoms with Gasteiger partial charge in [0, 0.05) is 55.6 Å². The summed E-state index contributed by atoms with van der Waals surface area (Å²) in [7, 11) is 0. The summed E-state index contributed by atoms with van der Waals surface area (Å²) in [6.45, 7) is 12.8. The van der Waals surface area contributed by atoms with E-state index < -0.39 is 0 Å². The van der Waals surface area contributed by atoms with Crippen molar-refractivity contribution in [2.24, 2.45) is 0 Å². The third kappa shape index (κ3) is 6.36. The second-order valence-electron chi connectivity index (χ2n) is 9.42. The molecule has 1 aromatic rings. The van der Waals surface area contributed by atoms with Gasteiger partial charge >= 0.3 is 0 Å². The zero-order chi connectivity index (χ0) is 22.6. The minimum Gasteiger partial charge on any atom is -0.313 e. The maximum absolute atomic E-state index is 12.2. The summed E-state index contributed by atoms with van der Waals surface area (Å²) in [6.07, 6.45) is 3.24. The molecule has 12 heteroatoms. The van der Waals surface area contributed by atoms with Crippen molar-refractivity contribution >= 4 is 11.6 Å². The molecule has 31 heavy (non-hydrogen) atoms. The first-order chi connectivity index (χ1) is 14.6. The number of hydroxylamine groups is 2. The predicted octanol–water partition coefficient (Wildman–Crippen LogP) is 1.24. The third-order valence-electron chi connectivity index (χ3n) is 5.93. The predicted molar refractivity (Wildman–Crippen MR) is 115 cm³/mol. The molecule has 2 fully saturated rings. The number of nitrogens with zero attached hydrogens (tertiary/aromatic N) is 6. The van der Waals surface area contributed by atoms with Gasteiger partial charge in [-0.3, -0.25) is 4.90 Å². The van der Waals surface area contributed by atoms with E-state index in [-0.39, 0.29) is 22.2 Å². The lowest BCUT2D eigenvalue weighted by molar-refractivity contribution is -0.782. The van der Waals surface area contributed by atoms with Gasteiger partial charge in [0.25, 0.3) is 10.9 Å². The molecular weight excluding hydrogens is 424 g/mol. The first-order valence-corrected chi connectivity index (χ1v) is 11.0. The largest absolute Gasteiger partial charge is 0.313 e. The van der Waals surface area contributed by atoms with E-state index in [1.807, 2.05) is 0 Å². The van der Waals surface area contributed by atoms with E-state index in [1.165, 1.54) is 17.3 Å². The highest BCUT2D eigenvalue weighted by Crippen LogP contribution is 2.36. The summed E-state index contributed by atoms with van der Waals surface area (Å²) >= 11 is 5.69. The van der Waals surface area contributed by atoms with Gasteiger partial charge in [-0.1, -0.05) is 0 Å². The van der Waals surface area contributed by atoms with E-state index in [0.717, 1.165) is 39.0 Å². The number of halogens is 1. The number of rotatable bonds is 8. The Balaban J connectivity index is 1.35. The van der Waals surface area contributed by atoms with Crippen LogP contribution in [0.2, 0.25) is 5.28 Å². The molecule has 11 nitrogen and oxygen atoms in total. The smallest absolute Gasteiger partial charge is 0.284 e. The molecule has 2 saturated heterocycles. The van der Waals surface area contributed by atoms with Crippen molar-refractivity contribution in [3.8, 4) is 5.88 Å². The topological polar surface area (TPSA) is 109 Å². The number of hydrazine groups is 2. The molecule has 0 bridgehead atoms. The van der Waals surface area contributed by atoms with E-state index in [1.54, 1.807) is 5.01 Å². The van der Waals surface area contributed by atoms with Crippen LogP contribution in [0.15, 0.2) is 12.3 Å². The number of hydrogen-bond acceptors (Lipinski definition) is 8. The first-order valence-electron chi connectivity index (χ1n) is 10.6. The van der Waals surface area contributed by atoms with Gasteiger partial charge in [-0.15, -0.1) is 5.01 Å². The van der Waals surface area contributed by atoms with Crippen molar-refractivity contribution in [3.05, 3.63) is 22.5 Å². The van der Waals surface area contributed by atoms with E-state index in [0.29, 0.717) is 24.1 Å². The molecule has 3 rings (SSSR count). The van der Waals surface area contributed by atoms with Crippen molar-refractivity contribution in [1.29, 1.82) is 0 Å². The van der Waals surface area contributed by atoms with Crippen LogP contribution in [0.4, 0.5) is 0 Å². The van der Waals surface area contributed by atoms with Gasteiger partial charge < -0.3 is 15.4 Å². The van der Waals surface area contributed by atoms with Crippen molar-refractivity contribution in [2.45, 2.75) is 57.7 Å². The lowest BCUT2D eigenvalue weighted by Crippen LogP contribution is -2.62. The van der Waals surface area contributed by atoms with Crippen LogP contribution in [0.1, 0.15) is 40.5 Å². The van der Waals surface area contributed by atoms with Crippen LogP contribution in [0, 0.1) is 4.91 Å². The van der Waals surface area contributed by atoms with Gasteiger partial charge in [0.2, 0.25) is 5.28 Å². The summed E-state index contributed by atoms with van der Waals surface area (Å²) < 4.78 is 0. The number of aromatic nitrogens is 2. The number of nitrogens with one attached hydrogen (secondary N) is 2. The Bertz CT molecular complexity index is 739. The molecular formula is C19H34ClN8O3+. The Labute approximate surface area is 188 Å². The molecule has 0 amide bonds. The molecule has 0 atom stereocenters. The molecule has 3 heterocycles. The average Bonchev–Trinajstić information content (AvgIpc) is 2.70. The molecule has 0 aromatic carbocycles. The summed E-state index contributed by atoms with van der Waals surface area (Å²) in [6, 6.07) is 1.87. The first kappa shape index (κ1) is 23.9. The van der Waals surface area contributed by atoms with Gasteiger partial charge in [-0.25, -0.2) is 4.98 Å². The molecule has 0 spiro atoms. The fraction of sp³-hybridized carbons (Fsp3) is 0.789. The molecule has 0 unspecified atom stereocenters. The van der Waals surface area contributed by atoms with Gasteiger partial charge in [0.15, 0.2) is 0 Å². The molecule has 174 valence electrons. The van der Waals surface area contributed by atoms with Crippen LogP contribution in [0.25, 0.3) is 0 Å². The molecule has 3 N–H and O–H groups in total. The lowest BCUT2D eigenvalue weighted by Gasteiger charge is -2.51. The zero-order valence-corrected chi connectivity index (χ0v) is 19.5. The molecule has 1 aromatic heterocycles. The van der Waals surface area contributed by atoms with E-state index in [4.69, 9.17) is 16.4 Å². The Kier molecular flexibility index (Phi) is 7.53. The van der Waals surface area contributed by atoms with Gasteiger partial charge in [0.05, 0.1) is 23.6 Å². The zero-order valence-electron chi connectivity index (χ0n) is 18.7. The summed E-state index contributed by atoms with van der Waals surface area (Å²) in [5.74, 6) is 0.170. The highest BCUT2D eigenvalue weighted by atomic mass is 35.5. The second-order valence-corrected chi connectivity index (χ2v) is 9.76. The molecule has 0 radical (unpaired) electrons.